The van der Waals surface area contributed by atoms with Gasteiger partial charge in [0.15, 0.2) is 6.10 Å². The third kappa shape index (κ3) is 48.7. The molecule has 0 aromatic rings. The van der Waals surface area contributed by atoms with Crippen LogP contribution in [0.1, 0.15) is 213 Å². The topological polar surface area (TPSA) is 108 Å². The molecule has 0 aliphatic carbocycles. The summed E-state index contributed by atoms with van der Waals surface area (Å²) in [6, 6.07) is 0. The highest BCUT2D eigenvalue weighted by molar-refractivity contribution is 5.71. The van der Waals surface area contributed by atoms with Gasteiger partial charge in [0.2, 0.25) is 0 Å². The van der Waals surface area contributed by atoms with Gasteiger partial charge < -0.3 is 28.5 Å². The normalized spacial score (nSPS) is 13.4. The molecule has 0 saturated heterocycles. The van der Waals surface area contributed by atoms with E-state index in [0.29, 0.717) is 23.9 Å². The van der Waals surface area contributed by atoms with Gasteiger partial charge in [0.1, 0.15) is 13.2 Å². The zero-order valence-corrected chi connectivity index (χ0v) is 43.1. The average molecular weight is 927 g/mol. The summed E-state index contributed by atoms with van der Waals surface area (Å²) in [5.74, 6) is -2.04. The number of ether oxygens (including phenoxy) is 4. The lowest BCUT2D eigenvalue weighted by atomic mass is 10.0. The van der Waals surface area contributed by atoms with Gasteiger partial charge in [-0.25, -0.2) is 4.79 Å². The van der Waals surface area contributed by atoms with Gasteiger partial charge in [0, 0.05) is 12.8 Å². The third-order valence-electron chi connectivity index (χ3n) is 11.2. The molecule has 0 bridgehead atoms. The summed E-state index contributed by atoms with van der Waals surface area (Å²) < 4.78 is 22.8. The van der Waals surface area contributed by atoms with Gasteiger partial charge >= 0.3 is 17.9 Å². The molecular formula is C57H100NO8+. The number of rotatable bonds is 48. The van der Waals surface area contributed by atoms with Gasteiger partial charge in [-0.3, -0.25) is 9.59 Å². The van der Waals surface area contributed by atoms with Crippen LogP contribution in [-0.4, -0.2) is 87.4 Å². The summed E-state index contributed by atoms with van der Waals surface area (Å²) in [5.41, 5.74) is 0. The van der Waals surface area contributed by atoms with Crippen molar-refractivity contribution in [2.24, 2.45) is 0 Å². The van der Waals surface area contributed by atoms with Crippen molar-refractivity contribution in [3.63, 3.8) is 0 Å². The SMILES string of the molecule is CC/C=C\C/C=C\C/C=C\C/C=C\C/C=C\C/C=C\CCCCCCC(=O)OC(COC(=O)CCCCCCCCCCCCCCCCCCCC)COC(OCC[N+](C)(C)C)C(=O)O. The highest BCUT2D eigenvalue weighted by atomic mass is 16.7. The second-order valence-electron chi connectivity index (χ2n) is 18.8. The number of esters is 2. The van der Waals surface area contributed by atoms with E-state index in [9.17, 15) is 19.5 Å². The van der Waals surface area contributed by atoms with E-state index in [2.05, 4.69) is 86.8 Å². The maximum atomic E-state index is 12.8. The second-order valence-corrected chi connectivity index (χ2v) is 18.8. The number of nitrogens with zero attached hydrogens (tertiary/aromatic N) is 1. The molecule has 2 atom stereocenters. The monoisotopic (exact) mass is 927 g/mol. The van der Waals surface area contributed by atoms with E-state index < -0.39 is 24.3 Å². The zero-order chi connectivity index (χ0) is 48.4. The predicted octanol–water partition coefficient (Wildman–Crippen LogP) is 15.1. The number of hydrogen-bond donors (Lipinski definition) is 1. The smallest absolute Gasteiger partial charge is 0.361 e. The summed E-state index contributed by atoms with van der Waals surface area (Å²) in [5, 5.41) is 9.68. The lowest BCUT2D eigenvalue weighted by Crippen LogP contribution is -2.40. The number of likely N-dealkylation sites (N-methyl/N-ethyl adjacent to an activating group) is 1. The van der Waals surface area contributed by atoms with Crippen LogP contribution in [0.5, 0.6) is 0 Å². The predicted molar refractivity (Wildman–Crippen MR) is 276 cm³/mol. The fourth-order valence-electron chi connectivity index (χ4n) is 7.13. The van der Waals surface area contributed by atoms with Crippen molar-refractivity contribution in [3.05, 3.63) is 72.9 Å². The minimum Gasteiger partial charge on any atom is -0.477 e. The molecule has 2 unspecified atom stereocenters. The Morgan fingerprint density at radius 1 is 0.470 bits per heavy atom. The lowest BCUT2D eigenvalue weighted by Gasteiger charge is -2.25. The Morgan fingerprint density at radius 3 is 1.29 bits per heavy atom. The van der Waals surface area contributed by atoms with Crippen molar-refractivity contribution in [2.75, 3.05) is 47.5 Å². The zero-order valence-electron chi connectivity index (χ0n) is 43.1. The van der Waals surface area contributed by atoms with E-state index in [1.807, 2.05) is 21.1 Å². The van der Waals surface area contributed by atoms with Crippen LogP contribution in [0.2, 0.25) is 0 Å². The maximum absolute atomic E-state index is 12.8. The van der Waals surface area contributed by atoms with Gasteiger partial charge in [-0.2, -0.15) is 0 Å². The number of allylic oxidation sites excluding steroid dienone is 12. The number of quaternary nitrogens is 1. The number of carboxylic acids is 1. The first kappa shape index (κ1) is 62.7. The molecule has 0 aliphatic rings. The molecular weight excluding hydrogens is 827 g/mol. The highest BCUT2D eigenvalue weighted by Gasteiger charge is 2.25. The number of hydrogen-bond acceptors (Lipinski definition) is 7. The fourth-order valence-corrected chi connectivity index (χ4v) is 7.13. The molecule has 380 valence electrons. The van der Waals surface area contributed by atoms with Crippen LogP contribution in [0.4, 0.5) is 0 Å². The van der Waals surface area contributed by atoms with Gasteiger partial charge in [-0.05, 0) is 64.2 Å². The minimum atomic E-state index is -1.52. The molecule has 0 aliphatic heterocycles. The summed E-state index contributed by atoms with van der Waals surface area (Å²) in [4.78, 5) is 37.3. The van der Waals surface area contributed by atoms with Gasteiger partial charge in [-0.1, -0.05) is 209 Å². The highest BCUT2D eigenvalue weighted by Crippen LogP contribution is 2.16. The van der Waals surface area contributed by atoms with E-state index in [0.717, 1.165) is 83.5 Å². The molecule has 66 heavy (non-hydrogen) atoms. The van der Waals surface area contributed by atoms with Crippen LogP contribution in [-0.2, 0) is 33.3 Å². The molecule has 9 heteroatoms. The molecule has 1 N–H and O–H groups in total. The minimum absolute atomic E-state index is 0.180. The Morgan fingerprint density at radius 2 is 0.864 bits per heavy atom. The molecule has 0 amide bonds. The Kier molecular flexibility index (Phi) is 45.8. The Labute approximate surface area is 405 Å². The van der Waals surface area contributed by atoms with E-state index in [-0.39, 0.29) is 32.2 Å². The third-order valence-corrected chi connectivity index (χ3v) is 11.2. The van der Waals surface area contributed by atoms with Crippen molar-refractivity contribution >= 4 is 17.9 Å². The van der Waals surface area contributed by atoms with Crippen molar-refractivity contribution in [2.45, 2.75) is 225 Å². The average Bonchev–Trinajstić information content (AvgIpc) is 3.28. The number of aliphatic carboxylic acids is 1. The molecule has 0 aromatic carbocycles. The summed E-state index contributed by atoms with van der Waals surface area (Å²) in [6.45, 7) is 4.74. The first-order chi connectivity index (χ1) is 32.1. The quantitative estimate of drug-likeness (QED) is 0.0211. The lowest BCUT2D eigenvalue weighted by molar-refractivity contribution is -0.870. The first-order valence-corrected chi connectivity index (χ1v) is 26.6. The van der Waals surface area contributed by atoms with Gasteiger partial charge in [0.05, 0.1) is 34.4 Å². The number of carbonyl (C=O) groups excluding carboxylic acids is 2. The standard InChI is InChI=1S/C57H99NO8/c1-6-8-10-12-14-16-18-20-22-24-26-27-28-29-30-32-34-36-38-40-42-44-46-48-55(60)66-53(52-65-57(56(61)62)63-50-49-58(3,4)5)51-64-54(59)47-45-43-41-39-37-35-33-31-25-23-21-19-17-15-13-11-9-7-2/h8,10,14,16,20,22,26-27,29-30,34,36,53,57H,6-7,9,11-13,15,17-19,21,23-25,28,31-33,35,37-52H2,1-5H3/p+1/b10-8-,16-14-,22-20-,27-26-,30-29-,36-34-. The fraction of sp³-hybridized carbons (Fsp3) is 0.737. The number of carbonyl (C=O) groups is 3. The summed E-state index contributed by atoms with van der Waals surface area (Å²) in [7, 11) is 5.95. The molecule has 0 fully saturated rings. The van der Waals surface area contributed by atoms with E-state index in [1.54, 1.807) is 0 Å². The van der Waals surface area contributed by atoms with Gasteiger partial charge in [-0.15, -0.1) is 0 Å². The van der Waals surface area contributed by atoms with Crippen LogP contribution >= 0.6 is 0 Å². The second kappa shape index (κ2) is 48.2. The Balaban J connectivity index is 4.39. The van der Waals surface area contributed by atoms with Crippen LogP contribution in [0.25, 0.3) is 0 Å². The molecule has 0 spiro atoms. The largest absolute Gasteiger partial charge is 0.477 e. The molecule has 9 nitrogen and oxygen atoms in total. The number of unbranched alkanes of at least 4 members (excludes halogenated alkanes) is 21. The first-order valence-electron chi connectivity index (χ1n) is 26.6. The van der Waals surface area contributed by atoms with Crippen molar-refractivity contribution in [1.82, 2.24) is 0 Å². The summed E-state index contributed by atoms with van der Waals surface area (Å²) >= 11 is 0. The molecule has 0 rings (SSSR count). The van der Waals surface area contributed by atoms with Crippen molar-refractivity contribution < 1.29 is 42.9 Å². The van der Waals surface area contributed by atoms with Crippen molar-refractivity contribution in [1.29, 1.82) is 0 Å². The summed E-state index contributed by atoms with van der Waals surface area (Å²) in [6.07, 6.45) is 58.2. The maximum Gasteiger partial charge on any atom is 0.361 e. The Hall–Kier alpha value is -3.27. The van der Waals surface area contributed by atoms with Crippen LogP contribution in [0, 0.1) is 0 Å². The van der Waals surface area contributed by atoms with Gasteiger partial charge in [0.25, 0.3) is 6.29 Å². The van der Waals surface area contributed by atoms with Crippen LogP contribution < -0.4 is 0 Å². The van der Waals surface area contributed by atoms with Crippen LogP contribution in [0.3, 0.4) is 0 Å². The number of carboxylic acid groups (broad SMARTS) is 1. The van der Waals surface area contributed by atoms with E-state index >= 15 is 0 Å². The van der Waals surface area contributed by atoms with E-state index in [4.69, 9.17) is 18.9 Å². The van der Waals surface area contributed by atoms with Crippen molar-refractivity contribution in [3.8, 4) is 0 Å². The molecule has 0 aromatic heterocycles. The molecule has 0 saturated carbocycles. The Bertz CT molecular complexity index is 1310. The molecule has 0 heterocycles. The van der Waals surface area contributed by atoms with Crippen LogP contribution in [0.15, 0.2) is 72.9 Å². The molecule has 0 radical (unpaired) electrons. The van der Waals surface area contributed by atoms with E-state index in [1.165, 1.54) is 96.3 Å².